The number of aromatic nitrogens is 2. The van der Waals surface area contributed by atoms with Gasteiger partial charge in [0, 0.05) is 29.5 Å². The first-order valence-corrected chi connectivity index (χ1v) is 11.2. The maximum atomic E-state index is 12.5. The first-order valence-electron chi connectivity index (χ1n) is 10.2. The molecule has 1 aromatic heterocycles. The lowest BCUT2D eigenvalue weighted by molar-refractivity contribution is -0.121. The minimum absolute atomic E-state index is 0.0354. The topological polar surface area (TPSA) is 74.8 Å². The molecule has 0 spiro atoms. The van der Waals surface area contributed by atoms with Gasteiger partial charge in [0.25, 0.3) is 5.56 Å². The fraction of sp³-hybridized carbons (Fsp3) is 0.500. The van der Waals surface area contributed by atoms with Crippen molar-refractivity contribution in [3.63, 3.8) is 0 Å². The summed E-state index contributed by atoms with van der Waals surface area (Å²) in [6.07, 6.45) is 7.81. The Balaban J connectivity index is 1.53. The van der Waals surface area contributed by atoms with E-state index in [1.54, 1.807) is 0 Å². The number of thioether (sulfide) groups is 1. The third kappa shape index (κ3) is 6.23. The van der Waals surface area contributed by atoms with Crippen molar-refractivity contribution in [2.75, 3.05) is 0 Å². The molecule has 6 heteroatoms. The smallest absolute Gasteiger partial charge is 0.254 e. The molecular weight excluding hydrogens is 370 g/mol. The predicted molar refractivity (Wildman–Crippen MR) is 114 cm³/mol. The molecule has 0 bridgehead atoms. The zero-order chi connectivity index (χ0) is 19.8. The standard InChI is InChI=1S/C22H29N3O2S/c1-16-19(13-14-20(26)24-18-11-7-2-3-8-12-18)21(27)25-22(23-16)28-15-17-9-5-4-6-10-17/h4-6,9-10,18H,2-3,7-8,11-15H2,1H3,(H,24,26)(H,23,25,27). The van der Waals surface area contributed by atoms with Crippen molar-refractivity contribution in [1.82, 2.24) is 15.3 Å². The highest BCUT2D eigenvalue weighted by Gasteiger charge is 2.16. The number of aryl methyl sites for hydroxylation is 1. The monoisotopic (exact) mass is 399 g/mol. The molecule has 1 amide bonds. The maximum Gasteiger partial charge on any atom is 0.254 e. The Morgan fingerprint density at radius 2 is 1.89 bits per heavy atom. The lowest BCUT2D eigenvalue weighted by atomic mass is 10.1. The Bertz CT molecular complexity index is 827. The highest BCUT2D eigenvalue weighted by Crippen LogP contribution is 2.19. The minimum Gasteiger partial charge on any atom is -0.353 e. The summed E-state index contributed by atoms with van der Waals surface area (Å²) < 4.78 is 0. The van der Waals surface area contributed by atoms with Gasteiger partial charge in [-0.2, -0.15) is 0 Å². The van der Waals surface area contributed by atoms with E-state index in [1.165, 1.54) is 43.0 Å². The highest BCUT2D eigenvalue weighted by molar-refractivity contribution is 7.98. The lowest BCUT2D eigenvalue weighted by Crippen LogP contribution is -2.34. The summed E-state index contributed by atoms with van der Waals surface area (Å²) in [5, 5.41) is 3.77. The summed E-state index contributed by atoms with van der Waals surface area (Å²) in [6.45, 7) is 1.85. The summed E-state index contributed by atoms with van der Waals surface area (Å²) in [4.78, 5) is 32.2. The van der Waals surface area contributed by atoms with Crippen LogP contribution in [0.15, 0.2) is 40.3 Å². The first-order chi connectivity index (χ1) is 13.6. The summed E-state index contributed by atoms with van der Waals surface area (Å²) in [5.41, 5.74) is 2.37. The number of benzene rings is 1. The SMILES string of the molecule is Cc1nc(SCc2ccccc2)[nH]c(=O)c1CCC(=O)NC1CCCCCC1. The van der Waals surface area contributed by atoms with Gasteiger partial charge in [0.15, 0.2) is 5.16 Å². The molecule has 28 heavy (non-hydrogen) atoms. The Morgan fingerprint density at radius 3 is 2.57 bits per heavy atom. The number of rotatable bonds is 7. The van der Waals surface area contributed by atoms with Gasteiger partial charge >= 0.3 is 0 Å². The third-order valence-corrected chi connectivity index (χ3v) is 6.19. The second-order valence-corrected chi connectivity index (χ2v) is 8.43. The second-order valence-electron chi connectivity index (χ2n) is 7.47. The highest BCUT2D eigenvalue weighted by atomic mass is 32.2. The summed E-state index contributed by atoms with van der Waals surface area (Å²) >= 11 is 1.51. The molecule has 0 atom stereocenters. The molecule has 1 saturated carbocycles. The van der Waals surface area contributed by atoms with Gasteiger partial charge in [-0.15, -0.1) is 0 Å². The van der Waals surface area contributed by atoms with E-state index in [0.717, 1.165) is 18.6 Å². The normalized spacial score (nSPS) is 15.2. The van der Waals surface area contributed by atoms with Crippen LogP contribution in [0.4, 0.5) is 0 Å². The van der Waals surface area contributed by atoms with Gasteiger partial charge in [-0.3, -0.25) is 9.59 Å². The average molecular weight is 400 g/mol. The van der Waals surface area contributed by atoms with Gasteiger partial charge in [-0.05, 0) is 31.7 Å². The van der Waals surface area contributed by atoms with Crippen molar-refractivity contribution in [2.45, 2.75) is 75.2 Å². The number of nitrogens with one attached hydrogen (secondary N) is 2. The molecule has 1 fully saturated rings. The minimum atomic E-state index is -0.134. The second kappa shape index (κ2) is 10.5. The number of amides is 1. The van der Waals surface area contributed by atoms with Crippen LogP contribution >= 0.6 is 11.8 Å². The predicted octanol–water partition coefficient (Wildman–Crippen LogP) is 4.14. The molecule has 0 saturated heterocycles. The van der Waals surface area contributed by atoms with Crippen molar-refractivity contribution in [2.24, 2.45) is 0 Å². The van der Waals surface area contributed by atoms with Crippen LogP contribution in [0.2, 0.25) is 0 Å². The van der Waals surface area contributed by atoms with Crippen molar-refractivity contribution in [1.29, 1.82) is 0 Å². The van der Waals surface area contributed by atoms with Crippen molar-refractivity contribution in [3.8, 4) is 0 Å². The van der Waals surface area contributed by atoms with Crippen LogP contribution in [0.25, 0.3) is 0 Å². The number of carbonyl (C=O) groups excluding carboxylic acids is 1. The van der Waals surface area contributed by atoms with Gasteiger partial charge < -0.3 is 10.3 Å². The number of hydrogen-bond acceptors (Lipinski definition) is 4. The van der Waals surface area contributed by atoms with Gasteiger partial charge in [0.05, 0.1) is 0 Å². The number of carbonyl (C=O) groups is 1. The fourth-order valence-corrected chi connectivity index (χ4v) is 4.50. The number of H-pyrrole nitrogens is 1. The molecule has 0 aliphatic heterocycles. The Kier molecular flexibility index (Phi) is 7.71. The Labute approximate surface area is 170 Å². The maximum absolute atomic E-state index is 12.5. The molecule has 2 aromatic rings. The van der Waals surface area contributed by atoms with Crippen LogP contribution in [0.5, 0.6) is 0 Å². The van der Waals surface area contributed by atoms with E-state index in [4.69, 9.17) is 0 Å². The van der Waals surface area contributed by atoms with Crippen molar-refractivity contribution >= 4 is 17.7 Å². The molecule has 1 aliphatic rings. The third-order valence-electron chi connectivity index (χ3n) is 5.24. The van der Waals surface area contributed by atoms with Crippen LogP contribution in [-0.4, -0.2) is 21.9 Å². The number of nitrogens with zero attached hydrogens (tertiary/aromatic N) is 1. The van der Waals surface area contributed by atoms with Crippen LogP contribution in [0.3, 0.4) is 0 Å². The fourth-order valence-electron chi connectivity index (χ4n) is 3.64. The average Bonchev–Trinajstić information content (AvgIpc) is 2.95. The first kappa shape index (κ1) is 20.6. The van der Waals surface area contributed by atoms with Crippen LogP contribution < -0.4 is 10.9 Å². The molecule has 2 N–H and O–H groups in total. The molecule has 0 radical (unpaired) electrons. The molecule has 3 rings (SSSR count). The molecule has 1 aromatic carbocycles. The summed E-state index contributed by atoms with van der Waals surface area (Å²) in [5.74, 6) is 0.792. The van der Waals surface area contributed by atoms with E-state index in [1.807, 2.05) is 25.1 Å². The number of hydrogen-bond donors (Lipinski definition) is 2. The van der Waals surface area contributed by atoms with Gasteiger partial charge in [-0.25, -0.2) is 4.98 Å². The van der Waals surface area contributed by atoms with Gasteiger partial charge in [0.2, 0.25) is 5.91 Å². The largest absolute Gasteiger partial charge is 0.353 e. The molecule has 1 aliphatic carbocycles. The van der Waals surface area contributed by atoms with E-state index >= 15 is 0 Å². The molecule has 5 nitrogen and oxygen atoms in total. The summed E-state index contributed by atoms with van der Waals surface area (Å²) in [6, 6.07) is 10.4. The molecular formula is C22H29N3O2S. The van der Waals surface area contributed by atoms with E-state index in [9.17, 15) is 9.59 Å². The lowest BCUT2D eigenvalue weighted by Gasteiger charge is -2.16. The molecule has 1 heterocycles. The zero-order valence-corrected chi connectivity index (χ0v) is 17.3. The quantitative estimate of drug-likeness (QED) is 0.417. The van der Waals surface area contributed by atoms with Crippen LogP contribution in [0.1, 0.15) is 61.8 Å². The zero-order valence-electron chi connectivity index (χ0n) is 16.5. The van der Waals surface area contributed by atoms with E-state index in [-0.39, 0.29) is 11.5 Å². The number of aromatic amines is 1. The van der Waals surface area contributed by atoms with Gasteiger partial charge in [0.1, 0.15) is 0 Å². The Hall–Kier alpha value is -2.08. The van der Waals surface area contributed by atoms with Crippen molar-refractivity contribution < 1.29 is 4.79 Å². The van der Waals surface area contributed by atoms with E-state index in [2.05, 4.69) is 27.4 Å². The molecule has 0 unspecified atom stereocenters. The van der Waals surface area contributed by atoms with Gasteiger partial charge in [-0.1, -0.05) is 67.8 Å². The summed E-state index contributed by atoms with van der Waals surface area (Å²) in [7, 11) is 0. The van der Waals surface area contributed by atoms with Crippen molar-refractivity contribution in [3.05, 3.63) is 57.5 Å². The van der Waals surface area contributed by atoms with E-state index < -0.39 is 0 Å². The van der Waals surface area contributed by atoms with Crippen LogP contribution in [0, 0.1) is 6.92 Å². The van der Waals surface area contributed by atoms with Crippen LogP contribution in [-0.2, 0) is 17.0 Å². The molecule has 150 valence electrons. The Morgan fingerprint density at radius 1 is 1.18 bits per heavy atom. The van der Waals surface area contributed by atoms with E-state index in [0.29, 0.717) is 35.3 Å².